The Morgan fingerprint density at radius 3 is 2.57 bits per heavy atom. The predicted molar refractivity (Wildman–Crippen MR) is 78.6 cm³/mol. The molecule has 0 aliphatic rings. The van der Waals surface area contributed by atoms with Crippen LogP contribution in [0.3, 0.4) is 0 Å². The van der Waals surface area contributed by atoms with Gasteiger partial charge in [-0.25, -0.2) is 9.59 Å². The molecule has 0 unspecified atom stereocenters. The lowest BCUT2D eigenvalue weighted by Crippen LogP contribution is -2.44. The summed E-state index contributed by atoms with van der Waals surface area (Å²) in [6.45, 7) is 3.41. The molecule has 8 heteroatoms. The van der Waals surface area contributed by atoms with E-state index in [1.807, 2.05) is 5.32 Å². The molecule has 21 heavy (non-hydrogen) atoms. The van der Waals surface area contributed by atoms with Crippen LogP contribution < -0.4 is 10.6 Å². The highest BCUT2D eigenvalue weighted by Gasteiger charge is 2.22. The van der Waals surface area contributed by atoms with Crippen LogP contribution >= 0.6 is 23.2 Å². The van der Waals surface area contributed by atoms with Crippen LogP contribution in [0.1, 0.15) is 24.2 Å². The van der Waals surface area contributed by atoms with Crippen molar-refractivity contribution in [2.75, 3.05) is 6.54 Å². The van der Waals surface area contributed by atoms with Crippen molar-refractivity contribution >= 4 is 41.1 Å². The molecule has 0 heterocycles. The molecule has 114 valence electrons. The zero-order valence-electron chi connectivity index (χ0n) is 11.4. The minimum atomic E-state index is -1.16. The average molecular weight is 333 g/mol. The van der Waals surface area contributed by atoms with Gasteiger partial charge in [-0.3, -0.25) is 10.1 Å². The van der Waals surface area contributed by atoms with Crippen LogP contribution in [-0.2, 0) is 9.53 Å². The van der Waals surface area contributed by atoms with E-state index < -0.39 is 24.0 Å². The smallest absolute Gasteiger partial charge is 0.340 e. The van der Waals surface area contributed by atoms with E-state index >= 15 is 0 Å². The van der Waals surface area contributed by atoms with Crippen LogP contribution in [0.4, 0.5) is 4.79 Å². The van der Waals surface area contributed by atoms with Crippen LogP contribution in [0.15, 0.2) is 18.2 Å². The van der Waals surface area contributed by atoms with Crippen LogP contribution in [-0.4, -0.2) is 30.6 Å². The van der Waals surface area contributed by atoms with E-state index in [9.17, 15) is 14.4 Å². The number of carbonyl (C=O) groups is 3. The SMILES string of the molecule is CCNC(=O)NC(=O)[C@@H](C)OC(=O)c1cccc(Cl)c1Cl. The van der Waals surface area contributed by atoms with Crippen molar-refractivity contribution in [3.8, 4) is 0 Å². The molecule has 1 aromatic carbocycles. The summed E-state index contributed by atoms with van der Waals surface area (Å²) in [7, 11) is 0. The summed E-state index contributed by atoms with van der Waals surface area (Å²) < 4.78 is 4.94. The molecule has 6 nitrogen and oxygen atoms in total. The van der Waals surface area contributed by atoms with Gasteiger partial charge in [-0.2, -0.15) is 0 Å². The molecule has 0 saturated heterocycles. The van der Waals surface area contributed by atoms with Gasteiger partial charge < -0.3 is 10.1 Å². The zero-order chi connectivity index (χ0) is 16.0. The maximum atomic E-state index is 11.9. The monoisotopic (exact) mass is 332 g/mol. The van der Waals surface area contributed by atoms with Gasteiger partial charge in [-0.05, 0) is 26.0 Å². The maximum absolute atomic E-state index is 11.9. The minimum absolute atomic E-state index is 0.0421. The molecule has 0 bridgehead atoms. The maximum Gasteiger partial charge on any atom is 0.340 e. The van der Waals surface area contributed by atoms with E-state index in [0.29, 0.717) is 6.54 Å². The molecule has 1 aromatic rings. The van der Waals surface area contributed by atoms with Crippen LogP contribution in [0.5, 0.6) is 0 Å². The number of amides is 3. The summed E-state index contributed by atoms with van der Waals surface area (Å²) >= 11 is 11.7. The number of ether oxygens (including phenoxy) is 1. The molecule has 0 saturated carbocycles. The third kappa shape index (κ3) is 4.91. The summed E-state index contributed by atoms with van der Waals surface area (Å²) in [5, 5.41) is 4.66. The number of benzene rings is 1. The van der Waals surface area contributed by atoms with Crippen molar-refractivity contribution in [1.29, 1.82) is 0 Å². The normalized spacial score (nSPS) is 11.4. The van der Waals surface area contributed by atoms with Crippen molar-refractivity contribution in [1.82, 2.24) is 10.6 Å². The Morgan fingerprint density at radius 1 is 1.29 bits per heavy atom. The largest absolute Gasteiger partial charge is 0.449 e. The molecular weight excluding hydrogens is 319 g/mol. The molecule has 0 aliphatic heterocycles. The first-order valence-electron chi connectivity index (χ1n) is 6.10. The number of imide groups is 1. The molecule has 0 radical (unpaired) electrons. The van der Waals surface area contributed by atoms with Gasteiger partial charge in [-0.15, -0.1) is 0 Å². The molecular formula is C13H14Cl2N2O4. The molecule has 1 atom stereocenters. The van der Waals surface area contributed by atoms with Gasteiger partial charge in [0, 0.05) is 6.54 Å². The highest BCUT2D eigenvalue weighted by atomic mass is 35.5. The zero-order valence-corrected chi connectivity index (χ0v) is 12.9. The van der Waals surface area contributed by atoms with Gasteiger partial charge in [0.1, 0.15) is 0 Å². The highest BCUT2D eigenvalue weighted by molar-refractivity contribution is 6.43. The van der Waals surface area contributed by atoms with E-state index in [0.717, 1.165) is 0 Å². The molecule has 3 amide bonds. The van der Waals surface area contributed by atoms with Crippen molar-refractivity contribution in [3.63, 3.8) is 0 Å². The van der Waals surface area contributed by atoms with Gasteiger partial charge >= 0.3 is 12.0 Å². The number of hydrogen-bond acceptors (Lipinski definition) is 4. The number of carbonyl (C=O) groups excluding carboxylic acids is 3. The molecule has 0 aromatic heterocycles. The molecule has 0 fully saturated rings. The third-order valence-electron chi connectivity index (χ3n) is 2.40. The Morgan fingerprint density at radius 2 is 1.95 bits per heavy atom. The van der Waals surface area contributed by atoms with Gasteiger partial charge in [0.15, 0.2) is 6.10 Å². The quantitative estimate of drug-likeness (QED) is 0.829. The van der Waals surface area contributed by atoms with Gasteiger partial charge in [0.25, 0.3) is 5.91 Å². The van der Waals surface area contributed by atoms with E-state index in [2.05, 4.69) is 5.32 Å². The molecule has 2 N–H and O–H groups in total. The van der Waals surface area contributed by atoms with Crippen LogP contribution in [0, 0.1) is 0 Å². The summed E-state index contributed by atoms with van der Waals surface area (Å²) in [6.07, 6.45) is -1.16. The molecule has 0 aliphatic carbocycles. The number of esters is 1. The third-order valence-corrected chi connectivity index (χ3v) is 3.22. The molecule has 0 spiro atoms. The fraction of sp³-hybridized carbons (Fsp3) is 0.308. The van der Waals surface area contributed by atoms with Gasteiger partial charge in [0.05, 0.1) is 15.6 Å². The van der Waals surface area contributed by atoms with Crippen LogP contribution in [0.2, 0.25) is 10.0 Å². The fourth-order valence-corrected chi connectivity index (χ4v) is 1.73. The minimum Gasteiger partial charge on any atom is -0.449 e. The van der Waals surface area contributed by atoms with Crippen molar-refractivity contribution < 1.29 is 19.1 Å². The first-order chi connectivity index (χ1) is 9.86. The number of urea groups is 1. The van der Waals surface area contributed by atoms with Crippen molar-refractivity contribution in [2.24, 2.45) is 0 Å². The summed E-state index contributed by atoms with van der Waals surface area (Å²) in [6, 6.07) is 3.81. The fourth-order valence-electron chi connectivity index (χ4n) is 1.36. The van der Waals surface area contributed by atoms with E-state index in [1.54, 1.807) is 6.92 Å². The van der Waals surface area contributed by atoms with Crippen molar-refractivity contribution in [2.45, 2.75) is 20.0 Å². The highest BCUT2D eigenvalue weighted by Crippen LogP contribution is 2.26. The second-order valence-electron chi connectivity index (χ2n) is 4.00. The summed E-state index contributed by atoms with van der Waals surface area (Å²) in [4.78, 5) is 34.7. The Labute approximate surface area is 131 Å². The second kappa shape index (κ2) is 7.85. The Kier molecular flexibility index (Phi) is 6.45. The average Bonchev–Trinajstić information content (AvgIpc) is 2.41. The number of rotatable bonds is 4. The van der Waals surface area contributed by atoms with E-state index in [1.165, 1.54) is 25.1 Å². The molecule has 1 rings (SSSR count). The first kappa shape index (κ1) is 17.3. The lowest BCUT2D eigenvalue weighted by molar-refractivity contribution is -0.127. The standard InChI is InChI=1S/C13H14Cl2N2O4/c1-3-16-13(20)17-11(18)7(2)21-12(19)8-5-4-6-9(14)10(8)15/h4-7H,3H2,1-2H3,(H2,16,17,18,20)/t7-/m1/s1. The topological polar surface area (TPSA) is 84.5 Å². The summed E-state index contributed by atoms with van der Waals surface area (Å²) in [5.41, 5.74) is 0.0434. The number of nitrogens with one attached hydrogen (secondary N) is 2. The second-order valence-corrected chi connectivity index (χ2v) is 4.78. The Bertz CT molecular complexity index is 563. The predicted octanol–water partition coefficient (Wildman–Crippen LogP) is 2.38. The van der Waals surface area contributed by atoms with Crippen molar-refractivity contribution in [3.05, 3.63) is 33.8 Å². The van der Waals surface area contributed by atoms with E-state index in [-0.39, 0.29) is 15.6 Å². The summed E-state index contributed by atoms with van der Waals surface area (Å²) in [5.74, 6) is -1.55. The van der Waals surface area contributed by atoms with Gasteiger partial charge in [-0.1, -0.05) is 29.3 Å². The lowest BCUT2D eigenvalue weighted by atomic mass is 10.2. The number of halogens is 2. The first-order valence-corrected chi connectivity index (χ1v) is 6.86. The van der Waals surface area contributed by atoms with Crippen LogP contribution in [0.25, 0.3) is 0 Å². The Hall–Kier alpha value is -1.79. The van der Waals surface area contributed by atoms with Gasteiger partial charge in [0.2, 0.25) is 0 Å². The lowest BCUT2D eigenvalue weighted by Gasteiger charge is -2.13. The number of hydrogen-bond donors (Lipinski definition) is 2. The Balaban J connectivity index is 2.68. The van der Waals surface area contributed by atoms with E-state index in [4.69, 9.17) is 27.9 Å².